The van der Waals surface area contributed by atoms with Gasteiger partial charge in [0.1, 0.15) is 0 Å². The highest BCUT2D eigenvalue weighted by Gasteiger charge is 2.35. The maximum Gasteiger partial charge on any atom is 0.400 e. The summed E-state index contributed by atoms with van der Waals surface area (Å²) in [6.45, 7) is 5.73. The Bertz CT molecular complexity index is 732. The summed E-state index contributed by atoms with van der Waals surface area (Å²) < 4.78 is 48.6. The van der Waals surface area contributed by atoms with Crippen molar-refractivity contribution in [2.75, 3.05) is 6.61 Å². The second-order valence-electron chi connectivity index (χ2n) is 5.22. The number of nitrogens with zero attached hydrogens (tertiary/aromatic N) is 2. The lowest BCUT2D eigenvalue weighted by Crippen LogP contribution is -2.27. The summed E-state index contributed by atoms with van der Waals surface area (Å²) in [5.41, 5.74) is 0.419. The van der Waals surface area contributed by atoms with Crippen LogP contribution in [0.2, 0.25) is 0 Å². The number of aromatic nitrogens is 2. The summed E-state index contributed by atoms with van der Waals surface area (Å²) in [6, 6.07) is 6.17. The second kappa shape index (κ2) is 7.27. The predicted octanol–water partition coefficient (Wildman–Crippen LogP) is 3.88. The van der Waals surface area contributed by atoms with Gasteiger partial charge in [-0.3, -0.25) is 4.57 Å². The van der Waals surface area contributed by atoms with Gasteiger partial charge in [-0.2, -0.15) is 13.8 Å². The number of nitrogens with one attached hydrogen (secondary N) is 1. The summed E-state index contributed by atoms with van der Waals surface area (Å²) >= 11 is 4.84. The molecule has 6 nitrogen and oxygen atoms in total. The van der Waals surface area contributed by atoms with Crippen LogP contribution in [0.5, 0.6) is 0 Å². The first-order valence-electron chi connectivity index (χ1n) is 7.20. The van der Waals surface area contributed by atoms with Gasteiger partial charge in [-0.25, -0.2) is 5.09 Å². The molecule has 0 aliphatic rings. The first-order chi connectivity index (χ1) is 11.2. The molecule has 1 aromatic carbocycles. The SMILES string of the molecule is CCOP(=O)(NC(C)C)c1ccc(-c2noc(C(F)(F)Cl)n2)cc1. The van der Waals surface area contributed by atoms with Gasteiger partial charge in [0.15, 0.2) is 0 Å². The number of rotatable bonds is 7. The molecule has 0 saturated heterocycles. The Kier molecular flexibility index (Phi) is 5.75. The van der Waals surface area contributed by atoms with Crippen molar-refractivity contribution in [3.05, 3.63) is 30.2 Å². The third-order valence-electron chi connectivity index (χ3n) is 2.87. The maximum atomic E-state index is 12.9. The van der Waals surface area contributed by atoms with Crippen molar-refractivity contribution >= 4 is 24.4 Å². The van der Waals surface area contributed by atoms with Gasteiger partial charge in [0.05, 0.1) is 11.9 Å². The molecule has 0 radical (unpaired) electrons. The quantitative estimate of drug-likeness (QED) is 0.581. The van der Waals surface area contributed by atoms with E-state index in [1.807, 2.05) is 13.8 Å². The zero-order valence-corrected chi connectivity index (χ0v) is 14.9. The molecule has 0 spiro atoms. The fraction of sp³-hybridized carbons (Fsp3) is 0.429. The molecule has 0 saturated carbocycles. The third-order valence-corrected chi connectivity index (χ3v) is 5.49. The first kappa shape index (κ1) is 19.0. The monoisotopic (exact) mass is 379 g/mol. The Morgan fingerprint density at radius 1 is 1.38 bits per heavy atom. The van der Waals surface area contributed by atoms with E-state index in [0.29, 0.717) is 10.9 Å². The van der Waals surface area contributed by atoms with E-state index >= 15 is 0 Å². The van der Waals surface area contributed by atoms with Crippen LogP contribution in [0.15, 0.2) is 28.8 Å². The zero-order chi connectivity index (χ0) is 18.0. The minimum Gasteiger partial charge on any atom is -0.331 e. The number of benzene rings is 1. The molecule has 132 valence electrons. The van der Waals surface area contributed by atoms with Crippen LogP contribution in [0, 0.1) is 0 Å². The largest absolute Gasteiger partial charge is 0.400 e. The molecule has 2 aromatic rings. The minimum absolute atomic E-state index is 0.0417. The Morgan fingerprint density at radius 2 is 2.00 bits per heavy atom. The molecule has 2 rings (SSSR count). The standard InChI is InChI=1S/C14H17ClF2N3O3P/c1-4-22-24(21,20-9(2)3)11-7-5-10(6-8-11)12-18-13(23-19-12)14(15,16)17/h5-9H,4H2,1-3H3,(H,20,21). The Labute approximate surface area is 143 Å². The average molecular weight is 380 g/mol. The van der Waals surface area contributed by atoms with Crippen molar-refractivity contribution in [1.82, 2.24) is 15.2 Å². The van der Waals surface area contributed by atoms with Crippen LogP contribution in [-0.4, -0.2) is 22.8 Å². The zero-order valence-electron chi connectivity index (χ0n) is 13.3. The van der Waals surface area contributed by atoms with Crippen LogP contribution in [0.1, 0.15) is 26.7 Å². The summed E-state index contributed by atoms with van der Waals surface area (Å²) in [6.07, 6.45) is 0. The summed E-state index contributed by atoms with van der Waals surface area (Å²) in [5, 5.41) is 3.11. The highest BCUT2D eigenvalue weighted by atomic mass is 35.5. The topological polar surface area (TPSA) is 77.2 Å². The molecule has 1 aromatic heterocycles. The van der Waals surface area contributed by atoms with Gasteiger partial charge in [0.25, 0.3) is 7.52 Å². The molecule has 0 fully saturated rings. The second-order valence-corrected chi connectivity index (χ2v) is 7.83. The van der Waals surface area contributed by atoms with Gasteiger partial charge in [-0.05, 0) is 44.5 Å². The van der Waals surface area contributed by atoms with Crippen LogP contribution in [0.4, 0.5) is 8.78 Å². The van der Waals surface area contributed by atoms with E-state index in [9.17, 15) is 13.3 Å². The molecule has 1 heterocycles. The van der Waals surface area contributed by atoms with Crippen molar-refractivity contribution < 1.29 is 22.4 Å². The Hall–Kier alpha value is -1.34. The van der Waals surface area contributed by atoms with Crippen molar-refractivity contribution in [3.8, 4) is 11.4 Å². The normalized spacial score (nSPS) is 14.8. The minimum atomic E-state index is -3.73. The third kappa shape index (κ3) is 4.39. The summed E-state index contributed by atoms with van der Waals surface area (Å²) in [7, 11) is -3.22. The lowest BCUT2D eigenvalue weighted by Gasteiger charge is -2.21. The van der Waals surface area contributed by atoms with Gasteiger partial charge >= 0.3 is 11.3 Å². The smallest absolute Gasteiger partial charge is 0.331 e. The Morgan fingerprint density at radius 3 is 2.46 bits per heavy atom. The molecule has 1 atom stereocenters. The van der Waals surface area contributed by atoms with Gasteiger partial charge in [-0.1, -0.05) is 17.3 Å². The van der Waals surface area contributed by atoms with Crippen molar-refractivity contribution in [2.45, 2.75) is 32.2 Å². The van der Waals surface area contributed by atoms with Crippen LogP contribution in [0.25, 0.3) is 11.4 Å². The van der Waals surface area contributed by atoms with Gasteiger partial charge in [0.2, 0.25) is 5.82 Å². The van der Waals surface area contributed by atoms with E-state index in [1.165, 1.54) is 0 Å². The van der Waals surface area contributed by atoms with Gasteiger partial charge < -0.3 is 9.05 Å². The molecular formula is C14H17ClF2N3O3P. The molecule has 1 unspecified atom stereocenters. The highest BCUT2D eigenvalue weighted by Crippen LogP contribution is 2.42. The van der Waals surface area contributed by atoms with E-state index in [-0.39, 0.29) is 18.5 Å². The molecule has 24 heavy (non-hydrogen) atoms. The fourth-order valence-corrected chi connectivity index (χ4v) is 4.01. The number of hydrogen-bond donors (Lipinski definition) is 1. The maximum absolute atomic E-state index is 12.9. The van der Waals surface area contributed by atoms with Crippen LogP contribution < -0.4 is 10.4 Å². The lowest BCUT2D eigenvalue weighted by atomic mass is 10.2. The molecular weight excluding hydrogens is 363 g/mol. The van der Waals surface area contributed by atoms with E-state index < -0.39 is 18.8 Å². The van der Waals surface area contributed by atoms with E-state index in [2.05, 4.69) is 19.8 Å². The predicted molar refractivity (Wildman–Crippen MR) is 86.6 cm³/mol. The van der Waals surface area contributed by atoms with E-state index in [1.54, 1.807) is 31.2 Å². The van der Waals surface area contributed by atoms with Crippen LogP contribution in [0.3, 0.4) is 0 Å². The highest BCUT2D eigenvalue weighted by molar-refractivity contribution is 7.65. The summed E-state index contributed by atoms with van der Waals surface area (Å²) in [4.78, 5) is 3.55. The molecule has 1 N–H and O–H groups in total. The molecule has 0 aliphatic carbocycles. The van der Waals surface area contributed by atoms with Crippen LogP contribution in [-0.2, 0) is 14.5 Å². The molecule has 0 aliphatic heterocycles. The molecule has 10 heteroatoms. The van der Waals surface area contributed by atoms with Gasteiger partial charge in [-0.15, -0.1) is 0 Å². The van der Waals surface area contributed by atoms with Crippen molar-refractivity contribution in [2.24, 2.45) is 0 Å². The van der Waals surface area contributed by atoms with Crippen molar-refractivity contribution in [3.63, 3.8) is 0 Å². The van der Waals surface area contributed by atoms with Gasteiger partial charge in [0, 0.05) is 11.6 Å². The van der Waals surface area contributed by atoms with E-state index in [0.717, 1.165) is 0 Å². The number of alkyl halides is 3. The fourth-order valence-electron chi connectivity index (χ4n) is 1.97. The molecule has 0 amide bonds. The van der Waals surface area contributed by atoms with E-state index in [4.69, 9.17) is 16.1 Å². The number of halogens is 3. The Balaban J connectivity index is 2.29. The van der Waals surface area contributed by atoms with Crippen LogP contribution >= 0.6 is 19.1 Å². The average Bonchev–Trinajstić information content (AvgIpc) is 2.96. The summed E-state index contributed by atoms with van der Waals surface area (Å²) in [5.74, 6) is -1.02. The number of hydrogen-bond acceptors (Lipinski definition) is 5. The molecule has 0 bridgehead atoms. The first-order valence-corrected chi connectivity index (χ1v) is 9.20. The lowest BCUT2D eigenvalue weighted by molar-refractivity contribution is 0.0551. The van der Waals surface area contributed by atoms with Crippen molar-refractivity contribution in [1.29, 1.82) is 0 Å².